The van der Waals surface area contributed by atoms with Crippen LogP contribution in [0.5, 0.6) is 11.6 Å². The number of carboxylic acid groups (broad SMARTS) is 1. The molecule has 1 aliphatic heterocycles. The molecule has 156 valence electrons. The highest BCUT2D eigenvalue weighted by molar-refractivity contribution is 6.33. The lowest BCUT2D eigenvalue weighted by atomic mass is 10.2. The van der Waals surface area contributed by atoms with E-state index in [0.717, 1.165) is 10.3 Å². The number of likely N-dealkylation sites (tertiary alicyclic amines) is 1. The highest BCUT2D eigenvalue weighted by atomic mass is 35.5. The third-order valence-electron chi connectivity index (χ3n) is 4.30. The molecule has 0 aliphatic carbocycles. The number of halogens is 1. The lowest BCUT2D eigenvalue weighted by Gasteiger charge is -2.26. The molecule has 1 aliphatic rings. The number of carbonyl (C=O) groups excluding carboxylic acids is 1. The summed E-state index contributed by atoms with van der Waals surface area (Å²) in [7, 11) is 1.47. The van der Waals surface area contributed by atoms with E-state index < -0.39 is 29.8 Å². The van der Waals surface area contributed by atoms with Gasteiger partial charge >= 0.3 is 12.1 Å². The molecule has 0 radical (unpaired) electrons. The van der Waals surface area contributed by atoms with Gasteiger partial charge in [0, 0.05) is 18.0 Å². The third kappa shape index (κ3) is 4.61. The summed E-state index contributed by atoms with van der Waals surface area (Å²) in [6.45, 7) is 5.18. The fraction of sp³-hybridized carbons (Fsp3) is 0.474. The van der Waals surface area contributed by atoms with Crippen LogP contribution in [0.25, 0.3) is 10.9 Å². The predicted molar refractivity (Wildman–Crippen MR) is 104 cm³/mol. The number of methoxy groups -OCH3 is 1. The van der Waals surface area contributed by atoms with Crippen LogP contribution >= 0.6 is 11.6 Å². The lowest BCUT2D eigenvalue weighted by Crippen LogP contribution is -2.43. The zero-order valence-corrected chi connectivity index (χ0v) is 17.3. The summed E-state index contributed by atoms with van der Waals surface area (Å²) in [5.74, 6) is -0.620. The maximum absolute atomic E-state index is 12.4. The Morgan fingerprint density at radius 3 is 2.69 bits per heavy atom. The number of carboxylic acids is 1. The first-order chi connectivity index (χ1) is 13.6. The third-order valence-corrected chi connectivity index (χ3v) is 4.57. The van der Waals surface area contributed by atoms with Crippen LogP contribution in [0, 0.1) is 0 Å². The van der Waals surface area contributed by atoms with E-state index in [-0.39, 0.29) is 24.0 Å². The molecule has 2 aromatic heterocycles. The number of rotatable bonds is 4. The number of hydrogen-bond acceptors (Lipinski definition) is 7. The summed E-state index contributed by atoms with van der Waals surface area (Å²) >= 11 is 6.12. The van der Waals surface area contributed by atoms with Crippen LogP contribution in [0.1, 0.15) is 27.2 Å². The first-order valence-corrected chi connectivity index (χ1v) is 9.35. The van der Waals surface area contributed by atoms with Crippen molar-refractivity contribution in [2.45, 2.75) is 44.9 Å². The van der Waals surface area contributed by atoms with Crippen molar-refractivity contribution >= 4 is 34.6 Å². The second-order valence-electron chi connectivity index (χ2n) is 7.63. The fourth-order valence-electron chi connectivity index (χ4n) is 3.06. The molecule has 3 rings (SSSR count). The van der Waals surface area contributed by atoms with Gasteiger partial charge in [-0.2, -0.15) is 0 Å². The topological polar surface area (TPSA) is 111 Å². The first kappa shape index (κ1) is 20.9. The van der Waals surface area contributed by atoms with Crippen molar-refractivity contribution < 1.29 is 28.9 Å². The van der Waals surface area contributed by atoms with Gasteiger partial charge in [0.05, 0.1) is 13.7 Å². The zero-order valence-electron chi connectivity index (χ0n) is 16.5. The van der Waals surface area contributed by atoms with Crippen molar-refractivity contribution in [1.82, 2.24) is 14.9 Å². The van der Waals surface area contributed by atoms with Crippen LogP contribution in [0.4, 0.5) is 4.79 Å². The van der Waals surface area contributed by atoms with E-state index in [2.05, 4.69) is 9.97 Å². The number of aromatic nitrogens is 2. The van der Waals surface area contributed by atoms with E-state index in [1.165, 1.54) is 7.11 Å². The molecule has 29 heavy (non-hydrogen) atoms. The molecule has 1 fully saturated rings. The number of amides is 1. The van der Waals surface area contributed by atoms with E-state index in [0.29, 0.717) is 11.3 Å². The Morgan fingerprint density at radius 2 is 2.07 bits per heavy atom. The monoisotopic (exact) mass is 423 g/mol. The second-order valence-corrected chi connectivity index (χ2v) is 7.99. The van der Waals surface area contributed by atoms with Crippen molar-refractivity contribution in [2.24, 2.45) is 0 Å². The summed E-state index contributed by atoms with van der Waals surface area (Å²) in [5, 5.41) is 10.5. The molecule has 0 bridgehead atoms. The molecule has 0 spiro atoms. The van der Waals surface area contributed by atoms with Crippen molar-refractivity contribution in [3.8, 4) is 11.6 Å². The van der Waals surface area contributed by atoms with E-state index in [9.17, 15) is 14.7 Å². The fourth-order valence-corrected chi connectivity index (χ4v) is 3.26. The normalized spacial score (nSPS) is 19.3. The van der Waals surface area contributed by atoms with Crippen molar-refractivity contribution in [3.63, 3.8) is 0 Å². The van der Waals surface area contributed by atoms with E-state index in [1.54, 1.807) is 39.1 Å². The molecule has 0 unspecified atom stereocenters. The summed E-state index contributed by atoms with van der Waals surface area (Å²) in [4.78, 5) is 33.6. The van der Waals surface area contributed by atoms with Gasteiger partial charge in [0.1, 0.15) is 23.3 Å². The molecule has 10 heteroatoms. The summed E-state index contributed by atoms with van der Waals surface area (Å²) in [6, 6.07) is 2.38. The highest BCUT2D eigenvalue weighted by Crippen LogP contribution is 2.34. The standard InChI is InChI=1S/C19H22ClN3O6/c1-19(2,3)29-18(26)23-9-11(8-12(23)17(24)25)28-16-13(27-4)7-10-5-6-21-15(20)14(10)22-16/h5-7,11-12H,8-9H2,1-4H3,(H,24,25)/t11-,12+/m1/s1. The minimum atomic E-state index is -1.13. The average Bonchev–Trinajstić information content (AvgIpc) is 3.05. The maximum Gasteiger partial charge on any atom is 0.411 e. The van der Waals surface area contributed by atoms with Crippen molar-refractivity contribution in [3.05, 3.63) is 23.5 Å². The smallest absolute Gasteiger partial charge is 0.411 e. The van der Waals surface area contributed by atoms with Gasteiger partial charge < -0.3 is 19.3 Å². The molecule has 1 saturated heterocycles. The minimum absolute atomic E-state index is 0.0372. The molecule has 1 N–H and O–H groups in total. The van der Waals surface area contributed by atoms with Gasteiger partial charge in [-0.3, -0.25) is 4.90 Å². The number of ether oxygens (including phenoxy) is 3. The number of fused-ring (bicyclic) bond motifs is 1. The van der Waals surface area contributed by atoms with Crippen LogP contribution in [-0.4, -0.2) is 63.4 Å². The van der Waals surface area contributed by atoms with Crippen LogP contribution in [0.15, 0.2) is 18.3 Å². The van der Waals surface area contributed by atoms with Gasteiger partial charge in [-0.1, -0.05) is 11.6 Å². The average molecular weight is 424 g/mol. The Bertz CT molecular complexity index is 945. The number of carbonyl (C=O) groups is 2. The van der Waals surface area contributed by atoms with Gasteiger partial charge in [-0.05, 0) is 32.9 Å². The van der Waals surface area contributed by atoms with E-state index >= 15 is 0 Å². The summed E-state index contributed by atoms with van der Waals surface area (Å²) < 4.78 is 16.6. The molecule has 0 saturated carbocycles. The van der Waals surface area contributed by atoms with Crippen LogP contribution in [0.3, 0.4) is 0 Å². The van der Waals surface area contributed by atoms with Crippen LogP contribution in [-0.2, 0) is 9.53 Å². The SMILES string of the molecule is COc1cc2ccnc(Cl)c2nc1O[C@@H]1C[C@@H](C(=O)O)N(C(=O)OC(C)(C)C)C1. The van der Waals surface area contributed by atoms with E-state index in [4.69, 9.17) is 25.8 Å². The quantitative estimate of drug-likeness (QED) is 0.746. The highest BCUT2D eigenvalue weighted by Gasteiger charge is 2.43. The van der Waals surface area contributed by atoms with Gasteiger partial charge in [-0.25, -0.2) is 19.6 Å². The Labute approximate surface area is 172 Å². The maximum atomic E-state index is 12.4. The zero-order chi connectivity index (χ0) is 21.3. The largest absolute Gasteiger partial charge is 0.491 e. The predicted octanol–water partition coefficient (Wildman–Crippen LogP) is 3.13. The molecular weight excluding hydrogens is 402 g/mol. The van der Waals surface area contributed by atoms with Gasteiger partial charge in [-0.15, -0.1) is 0 Å². The number of nitrogens with zero attached hydrogens (tertiary/aromatic N) is 3. The van der Waals surface area contributed by atoms with E-state index in [1.807, 2.05) is 0 Å². The second kappa shape index (κ2) is 7.90. The molecule has 3 heterocycles. The first-order valence-electron chi connectivity index (χ1n) is 8.97. The minimum Gasteiger partial charge on any atom is -0.491 e. The van der Waals surface area contributed by atoms with Gasteiger partial charge in [0.2, 0.25) is 0 Å². The molecule has 2 atom stereocenters. The Hall–Kier alpha value is -2.81. The van der Waals surface area contributed by atoms with Crippen LogP contribution in [0.2, 0.25) is 5.15 Å². The Balaban J connectivity index is 1.86. The molecular formula is C19H22ClN3O6. The number of aliphatic carboxylic acids is 1. The Morgan fingerprint density at radius 1 is 1.34 bits per heavy atom. The number of pyridine rings is 2. The lowest BCUT2D eigenvalue weighted by molar-refractivity contribution is -0.142. The van der Waals surface area contributed by atoms with Crippen molar-refractivity contribution in [1.29, 1.82) is 0 Å². The van der Waals surface area contributed by atoms with Gasteiger partial charge in [0.15, 0.2) is 10.9 Å². The molecule has 1 amide bonds. The van der Waals surface area contributed by atoms with Gasteiger partial charge in [0.25, 0.3) is 5.88 Å². The number of hydrogen-bond donors (Lipinski definition) is 1. The summed E-state index contributed by atoms with van der Waals surface area (Å²) in [6.07, 6.45) is 0.317. The van der Waals surface area contributed by atoms with Crippen LogP contribution < -0.4 is 9.47 Å². The Kier molecular flexibility index (Phi) is 5.70. The molecule has 0 aromatic carbocycles. The van der Waals surface area contributed by atoms with Crippen molar-refractivity contribution in [2.75, 3.05) is 13.7 Å². The molecule has 2 aromatic rings. The summed E-state index contributed by atoms with van der Waals surface area (Å²) in [5.41, 5.74) is -0.312. The molecule has 9 nitrogen and oxygen atoms in total.